The zero-order valence-electron chi connectivity index (χ0n) is 11.7. The van der Waals surface area contributed by atoms with Crippen molar-refractivity contribution in [1.82, 2.24) is 10.0 Å². The summed E-state index contributed by atoms with van der Waals surface area (Å²) in [5.41, 5.74) is 0. The highest BCUT2D eigenvalue weighted by molar-refractivity contribution is 9.10. The molecule has 1 aliphatic heterocycles. The van der Waals surface area contributed by atoms with E-state index in [0.29, 0.717) is 18.4 Å². The molecule has 0 aromatic heterocycles. The van der Waals surface area contributed by atoms with Crippen LogP contribution >= 0.6 is 28.3 Å². The topological polar surface area (TPSA) is 58.2 Å². The number of benzene rings is 1. The Labute approximate surface area is 143 Å². The van der Waals surface area contributed by atoms with Crippen molar-refractivity contribution in [3.63, 3.8) is 0 Å². The summed E-state index contributed by atoms with van der Waals surface area (Å²) in [6.07, 6.45) is 2.83. The van der Waals surface area contributed by atoms with Gasteiger partial charge < -0.3 is 5.32 Å². The molecule has 0 radical (unpaired) electrons. The van der Waals surface area contributed by atoms with E-state index in [4.69, 9.17) is 0 Å². The van der Waals surface area contributed by atoms with Gasteiger partial charge in [-0.3, -0.25) is 0 Å². The van der Waals surface area contributed by atoms with Crippen LogP contribution in [-0.4, -0.2) is 28.1 Å². The monoisotopic (exact) mass is 418 g/mol. The van der Waals surface area contributed by atoms with Crippen LogP contribution in [0, 0.1) is 17.6 Å². The number of halogens is 4. The molecule has 0 bridgehead atoms. The van der Waals surface area contributed by atoms with E-state index in [1.807, 2.05) is 0 Å². The molecular weight excluding hydrogens is 402 g/mol. The Bertz CT molecular complexity index is 610. The largest absolute Gasteiger partial charge is 0.316 e. The lowest BCUT2D eigenvalue weighted by Gasteiger charge is -2.22. The molecule has 9 heteroatoms. The van der Waals surface area contributed by atoms with Gasteiger partial charge in [-0.05, 0) is 60.3 Å². The van der Waals surface area contributed by atoms with Crippen LogP contribution in [0.15, 0.2) is 21.5 Å². The fourth-order valence-electron chi connectivity index (χ4n) is 2.36. The van der Waals surface area contributed by atoms with Gasteiger partial charge in [0.15, 0.2) is 0 Å². The van der Waals surface area contributed by atoms with E-state index < -0.39 is 26.6 Å². The molecule has 22 heavy (non-hydrogen) atoms. The van der Waals surface area contributed by atoms with Gasteiger partial charge in [-0.1, -0.05) is 0 Å². The highest BCUT2D eigenvalue weighted by Gasteiger charge is 2.22. The minimum absolute atomic E-state index is 0. The fraction of sp³-hybridized carbons (Fsp3) is 0.538. The molecule has 0 saturated carbocycles. The van der Waals surface area contributed by atoms with Crippen LogP contribution in [0.3, 0.4) is 0 Å². The second kappa shape index (κ2) is 8.54. The normalized spacial score (nSPS) is 18.8. The zero-order chi connectivity index (χ0) is 15.5. The number of sulfonamides is 1. The molecule has 1 saturated heterocycles. The van der Waals surface area contributed by atoms with Gasteiger partial charge in [-0.15, -0.1) is 12.4 Å². The lowest BCUT2D eigenvalue weighted by atomic mass is 9.96. The van der Waals surface area contributed by atoms with E-state index in [1.54, 1.807) is 0 Å². The van der Waals surface area contributed by atoms with E-state index in [0.717, 1.165) is 32.0 Å². The van der Waals surface area contributed by atoms with Gasteiger partial charge in [-0.25, -0.2) is 21.9 Å². The van der Waals surface area contributed by atoms with Crippen LogP contribution in [0.2, 0.25) is 0 Å². The predicted octanol–water partition coefficient (Wildman–Crippen LogP) is 2.82. The molecule has 1 aromatic carbocycles. The molecule has 1 unspecified atom stereocenters. The van der Waals surface area contributed by atoms with Gasteiger partial charge in [0, 0.05) is 12.6 Å². The summed E-state index contributed by atoms with van der Waals surface area (Å²) < 4.78 is 53.1. The molecule has 1 atom stereocenters. The Kier molecular flexibility index (Phi) is 7.67. The quantitative estimate of drug-likeness (QED) is 0.722. The summed E-state index contributed by atoms with van der Waals surface area (Å²) in [5, 5.41) is 3.25. The summed E-state index contributed by atoms with van der Waals surface area (Å²) >= 11 is 2.86. The zero-order valence-corrected chi connectivity index (χ0v) is 15.0. The van der Waals surface area contributed by atoms with Crippen molar-refractivity contribution in [3.05, 3.63) is 28.2 Å². The van der Waals surface area contributed by atoms with Crippen LogP contribution < -0.4 is 10.0 Å². The number of hydrogen-bond donors (Lipinski definition) is 2. The third kappa shape index (κ3) is 5.13. The molecule has 1 fully saturated rings. The van der Waals surface area contributed by atoms with E-state index in [9.17, 15) is 17.2 Å². The van der Waals surface area contributed by atoms with Crippen LogP contribution in [0.1, 0.15) is 19.3 Å². The lowest BCUT2D eigenvalue weighted by molar-refractivity contribution is 0.358. The van der Waals surface area contributed by atoms with Gasteiger partial charge in [-0.2, -0.15) is 0 Å². The summed E-state index contributed by atoms with van der Waals surface area (Å²) in [7, 11) is -3.97. The Hall–Kier alpha value is -0.280. The summed E-state index contributed by atoms with van der Waals surface area (Å²) in [6.45, 7) is 2.11. The van der Waals surface area contributed by atoms with Crippen molar-refractivity contribution in [2.75, 3.05) is 19.6 Å². The van der Waals surface area contributed by atoms with Crippen LogP contribution in [-0.2, 0) is 10.0 Å². The standard InChI is InChI=1S/C13H17BrF2N2O2S.ClH/c14-10-6-13(12(16)7-11(10)15)21(19,20)18-5-3-9-2-1-4-17-8-9;/h6-7,9,17-18H,1-5,8H2;1H. The van der Waals surface area contributed by atoms with E-state index in [1.165, 1.54) is 0 Å². The predicted molar refractivity (Wildman–Crippen MR) is 86.7 cm³/mol. The van der Waals surface area contributed by atoms with Gasteiger partial charge in [0.05, 0.1) is 4.47 Å². The summed E-state index contributed by atoms with van der Waals surface area (Å²) in [5.74, 6) is -1.51. The van der Waals surface area contributed by atoms with Gasteiger partial charge in [0.25, 0.3) is 0 Å². The molecular formula is C13H18BrClF2N2O2S. The van der Waals surface area contributed by atoms with E-state index in [2.05, 4.69) is 26.0 Å². The molecule has 1 aromatic rings. The first kappa shape index (κ1) is 19.8. The lowest BCUT2D eigenvalue weighted by Crippen LogP contribution is -2.33. The van der Waals surface area contributed by atoms with Crippen LogP contribution in [0.4, 0.5) is 8.78 Å². The maximum atomic E-state index is 13.6. The van der Waals surface area contributed by atoms with Gasteiger partial charge in [0.1, 0.15) is 16.5 Å². The SMILES string of the molecule is Cl.O=S(=O)(NCCC1CCCNC1)c1cc(Br)c(F)cc1F. The third-order valence-corrected chi connectivity index (χ3v) is 5.59. The first-order valence-corrected chi connectivity index (χ1v) is 9.02. The highest BCUT2D eigenvalue weighted by atomic mass is 79.9. The molecule has 1 aliphatic rings. The molecule has 0 aliphatic carbocycles. The fourth-order valence-corrected chi connectivity index (χ4v) is 3.98. The second-order valence-electron chi connectivity index (χ2n) is 5.10. The Morgan fingerprint density at radius 2 is 2.05 bits per heavy atom. The van der Waals surface area contributed by atoms with Crippen molar-refractivity contribution in [1.29, 1.82) is 0 Å². The molecule has 1 heterocycles. The molecule has 4 nitrogen and oxygen atoms in total. The highest BCUT2D eigenvalue weighted by Crippen LogP contribution is 2.23. The van der Waals surface area contributed by atoms with Gasteiger partial charge in [0.2, 0.25) is 10.0 Å². The van der Waals surface area contributed by atoms with Crippen LogP contribution in [0.25, 0.3) is 0 Å². The number of rotatable bonds is 5. The average molecular weight is 420 g/mol. The van der Waals surface area contributed by atoms with Gasteiger partial charge >= 0.3 is 0 Å². The van der Waals surface area contributed by atoms with Crippen molar-refractivity contribution >= 4 is 38.4 Å². The molecule has 126 valence electrons. The molecule has 0 amide bonds. The van der Waals surface area contributed by atoms with Crippen molar-refractivity contribution in [2.45, 2.75) is 24.2 Å². The average Bonchev–Trinajstić information content (AvgIpc) is 2.43. The third-order valence-electron chi connectivity index (χ3n) is 3.51. The van der Waals surface area contributed by atoms with Crippen molar-refractivity contribution in [3.8, 4) is 0 Å². The Morgan fingerprint density at radius 1 is 1.32 bits per heavy atom. The van der Waals surface area contributed by atoms with E-state index in [-0.39, 0.29) is 23.4 Å². The van der Waals surface area contributed by atoms with Crippen molar-refractivity contribution in [2.24, 2.45) is 5.92 Å². The summed E-state index contributed by atoms with van der Waals surface area (Å²) in [4.78, 5) is -0.544. The second-order valence-corrected chi connectivity index (χ2v) is 7.69. The van der Waals surface area contributed by atoms with Crippen molar-refractivity contribution < 1.29 is 17.2 Å². The minimum Gasteiger partial charge on any atom is -0.316 e. The molecule has 0 spiro atoms. The minimum atomic E-state index is -3.97. The first-order valence-electron chi connectivity index (χ1n) is 6.75. The Morgan fingerprint density at radius 3 is 2.68 bits per heavy atom. The van der Waals surface area contributed by atoms with E-state index >= 15 is 0 Å². The Balaban J connectivity index is 0.00000242. The molecule has 2 N–H and O–H groups in total. The maximum absolute atomic E-state index is 13.6. The summed E-state index contributed by atoms with van der Waals surface area (Å²) in [6, 6.07) is 1.50. The smallest absolute Gasteiger partial charge is 0.243 e. The van der Waals surface area contributed by atoms with Crippen LogP contribution in [0.5, 0.6) is 0 Å². The maximum Gasteiger partial charge on any atom is 0.243 e. The number of nitrogens with one attached hydrogen (secondary N) is 2. The first-order chi connectivity index (χ1) is 9.90. The number of hydrogen-bond acceptors (Lipinski definition) is 3. The number of piperidine rings is 1. The molecule has 2 rings (SSSR count).